The van der Waals surface area contributed by atoms with Gasteiger partial charge in [0.1, 0.15) is 11.4 Å². The van der Waals surface area contributed by atoms with E-state index in [2.05, 4.69) is 5.32 Å². The van der Waals surface area contributed by atoms with Crippen LogP contribution >= 0.6 is 0 Å². The van der Waals surface area contributed by atoms with E-state index in [1.807, 2.05) is 0 Å². The number of methoxy groups -OCH3 is 1. The number of nitro groups is 1. The van der Waals surface area contributed by atoms with E-state index in [-0.39, 0.29) is 28.7 Å². The zero-order valence-corrected chi connectivity index (χ0v) is 16.5. The average molecular weight is 407 g/mol. The van der Waals surface area contributed by atoms with Crippen molar-refractivity contribution in [3.63, 3.8) is 0 Å². The van der Waals surface area contributed by atoms with Gasteiger partial charge in [0.25, 0.3) is 5.69 Å². The summed E-state index contributed by atoms with van der Waals surface area (Å²) in [5, 5.41) is 14.1. The van der Waals surface area contributed by atoms with Crippen molar-refractivity contribution in [1.29, 1.82) is 0 Å². The summed E-state index contributed by atoms with van der Waals surface area (Å²) in [6.45, 7) is 1.92. The van der Waals surface area contributed by atoms with Gasteiger partial charge in [0.05, 0.1) is 23.5 Å². The van der Waals surface area contributed by atoms with E-state index in [0.29, 0.717) is 18.0 Å². The zero-order valence-electron chi connectivity index (χ0n) is 15.7. The molecule has 0 aliphatic rings. The van der Waals surface area contributed by atoms with Gasteiger partial charge < -0.3 is 15.0 Å². The monoisotopic (exact) mass is 407 g/mol. The van der Waals surface area contributed by atoms with Gasteiger partial charge >= 0.3 is 0 Å². The van der Waals surface area contributed by atoms with Crippen LogP contribution in [0, 0.1) is 10.1 Å². The fourth-order valence-corrected chi connectivity index (χ4v) is 3.20. The van der Waals surface area contributed by atoms with E-state index in [4.69, 9.17) is 4.74 Å². The lowest BCUT2D eigenvalue weighted by Crippen LogP contribution is -2.33. The Kier molecular flexibility index (Phi) is 6.57. The Labute approximate surface area is 163 Å². The molecule has 0 saturated carbocycles. The Morgan fingerprint density at radius 3 is 2.36 bits per heavy atom. The highest BCUT2D eigenvalue weighted by Crippen LogP contribution is 2.30. The number of carbonyl (C=O) groups is 1. The highest BCUT2D eigenvalue weighted by molar-refractivity contribution is 7.90. The Bertz CT molecular complexity index is 973. The number of rotatable bonds is 8. The van der Waals surface area contributed by atoms with Crippen molar-refractivity contribution in [3.8, 4) is 5.75 Å². The van der Waals surface area contributed by atoms with Crippen LogP contribution in [0.3, 0.4) is 0 Å². The molecule has 9 nitrogen and oxygen atoms in total. The molecule has 0 aliphatic carbocycles. The molecule has 2 rings (SSSR count). The van der Waals surface area contributed by atoms with Crippen molar-refractivity contribution in [1.82, 2.24) is 0 Å². The Balaban J connectivity index is 2.24. The molecule has 1 N–H and O–H groups in total. The van der Waals surface area contributed by atoms with Gasteiger partial charge in [0.2, 0.25) is 5.91 Å². The van der Waals surface area contributed by atoms with E-state index >= 15 is 0 Å². The molecule has 0 atom stereocenters. The van der Waals surface area contributed by atoms with E-state index in [1.165, 1.54) is 24.1 Å². The van der Waals surface area contributed by atoms with Gasteiger partial charge in [-0.1, -0.05) is 0 Å². The van der Waals surface area contributed by atoms with E-state index in [1.54, 1.807) is 31.2 Å². The molecule has 1 amide bonds. The van der Waals surface area contributed by atoms with Gasteiger partial charge in [-0.2, -0.15) is 0 Å². The van der Waals surface area contributed by atoms with E-state index < -0.39 is 14.8 Å². The molecule has 0 aliphatic heterocycles. The molecule has 0 spiro atoms. The fourth-order valence-electron chi connectivity index (χ4n) is 2.56. The minimum atomic E-state index is -3.59. The first-order valence-corrected chi connectivity index (χ1v) is 10.2. The van der Waals surface area contributed by atoms with Gasteiger partial charge in [-0.3, -0.25) is 14.9 Å². The first-order chi connectivity index (χ1) is 13.2. The first kappa shape index (κ1) is 21.2. The third-order valence-electron chi connectivity index (χ3n) is 4.00. The zero-order chi connectivity index (χ0) is 20.9. The van der Waals surface area contributed by atoms with Crippen LogP contribution in [0.25, 0.3) is 0 Å². The Morgan fingerprint density at radius 1 is 1.21 bits per heavy atom. The number of ether oxygens (including phenoxy) is 1. The molecule has 0 radical (unpaired) electrons. The highest BCUT2D eigenvalue weighted by Gasteiger charge is 2.23. The fraction of sp³-hybridized carbons (Fsp3) is 0.278. The predicted molar refractivity (Wildman–Crippen MR) is 106 cm³/mol. The normalized spacial score (nSPS) is 11.0. The maximum absolute atomic E-state index is 12.4. The summed E-state index contributed by atoms with van der Waals surface area (Å²) < 4.78 is 28.4. The molecular formula is C18H21N3O6S. The smallest absolute Gasteiger partial charge is 0.293 e. The molecule has 0 fully saturated rings. The largest absolute Gasteiger partial charge is 0.497 e. The topological polar surface area (TPSA) is 119 Å². The highest BCUT2D eigenvalue weighted by atomic mass is 32.2. The molecule has 0 bridgehead atoms. The number of hydrogen-bond acceptors (Lipinski definition) is 7. The summed E-state index contributed by atoms with van der Waals surface area (Å²) in [6, 6.07) is 10.4. The second-order valence-corrected chi connectivity index (χ2v) is 7.99. The summed E-state index contributed by atoms with van der Waals surface area (Å²) in [7, 11) is -2.05. The molecule has 28 heavy (non-hydrogen) atoms. The number of amides is 1. The Morgan fingerprint density at radius 2 is 1.86 bits per heavy atom. The summed E-state index contributed by atoms with van der Waals surface area (Å²) in [4.78, 5) is 24.5. The number of anilines is 2. The second-order valence-electron chi connectivity index (χ2n) is 5.97. The summed E-state index contributed by atoms with van der Waals surface area (Å²) in [5.41, 5.74) is 0.357. The number of carbonyl (C=O) groups excluding carboxylic acids is 1. The van der Waals surface area contributed by atoms with Crippen LogP contribution in [0.4, 0.5) is 17.1 Å². The standard InChI is InChI=1S/C18H21N3O6S/c1-4-20(12-18(22)19-13-5-7-14(27-2)8-6-13)16-10-9-15(28(3,25)26)11-17(16)21(23)24/h5-11H,4,12H2,1-3H3,(H,19,22). The van der Waals surface area contributed by atoms with Crippen molar-refractivity contribution in [2.75, 3.05) is 36.7 Å². The number of nitrogens with one attached hydrogen (secondary N) is 1. The van der Waals surface area contributed by atoms with Gasteiger partial charge in [-0.05, 0) is 43.3 Å². The van der Waals surface area contributed by atoms with E-state index in [0.717, 1.165) is 12.3 Å². The summed E-state index contributed by atoms with van der Waals surface area (Å²) >= 11 is 0. The number of nitrogens with zero attached hydrogens (tertiary/aromatic N) is 2. The number of sulfone groups is 1. The quantitative estimate of drug-likeness (QED) is 0.527. The molecular weight excluding hydrogens is 386 g/mol. The van der Waals surface area contributed by atoms with Crippen molar-refractivity contribution in [3.05, 3.63) is 52.6 Å². The lowest BCUT2D eigenvalue weighted by molar-refractivity contribution is -0.384. The van der Waals surface area contributed by atoms with Crippen LogP contribution in [0.1, 0.15) is 6.92 Å². The molecule has 2 aromatic carbocycles. The third kappa shape index (κ3) is 5.19. The maximum atomic E-state index is 12.4. The lowest BCUT2D eigenvalue weighted by Gasteiger charge is -2.22. The van der Waals surface area contributed by atoms with Crippen LogP contribution in [-0.2, 0) is 14.6 Å². The van der Waals surface area contributed by atoms with Crippen molar-refractivity contribution in [2.45, 2.75) is 11.8 Å². The predicted octanol–water partition coefficient (Wildman–Crippen LogP) is 2.47. The van der Waals surface area contributed by atoms with Crippen LogP contribution in [0.15, 0.2) is 47.4 Å². The lowest BCUT2D eigenvalue weighted by atomic mass is 10.2. The molecule has 0 aromatic heterocycles. The number of nitro benzene ring substituents is 1. The van der Waals surface area contributed by atoms with Gasteiger partial charge in [0, 0.05) is 24.6 Å². The third-order valence-corrected chi connectivity index (χ3v) is 5.11. The number of likely N-dealkylation sites (N-methyl/N-ethyl adjacent to an activating group) is 1. The average Bonchev–Trinajstić information content (AvgIpc) is 2.65. The van der Waals surface area contributed by atoms with Crippen LogP contribution in [0.5, 0.6) is 5.75 Å². The van der Waals surface area contributed by atoms with Gasteiger partial charge in [-0.25, -0.2) is 8.42 Å². The maximum Gasteiger partial charge on any atom is 0.293 e. The van der Waals surface area contributed by atoms with Gasteiger partial charge in [-0.15, -0.1) is 0 Å². The minimum Gasteiger partial charge on any atom is -0.497 e. The SMILES string of the molecule is CCN(CC(=O)Nc1ccc(OC)cc1)c1ccc(S(C)(=O)=O)cc1[N+](=O)[O-]. The molecule has 0 saturated heterocycles. The first-order valence-electron chi connectivity index (χ1n) is 8.33. The minimum absolute atomic E-state index is 0.137. The molecule has 10 heteroatoms. The molecule has 0 unspecified atom stereocenters. The van der Waals surface area contributed by atoms with Crippen LogP contribution in [0.2, 0.25) is 0 Å². The van der Waals surface area contributed by atoms with Gasteiger partial charge in [0.15, 0.2) is 9.84 Å². The number of benzene rings is 2. The molecule has 150 valence electrons. The summed E-state index contributed by atoms with van der Waals surface area (Å²) in [6.07, 6.45) is 0.978. The Hall–Kier alpha value is -3.14. The summed E-state index contributed by atoms with van der Waals surface area (Å²) in [5.74, 6) is 0.281. The van der Waals surface area contributed by atoms with Crippen LogP contribution < -0.4 is 15.0 Å². The van der Waals surface area contributed by atoms with Crippen LogP contribution in [-0.4, -0.2) is 45.7 Å². The second kappa shape index (κ2) is 8.70. The van der Waals surface area contributed by atoms with E-state index in [9.17, 15) is 23.3 Å². The van der Waals surface area contributed by atoms with Crippen molar-refractivity contribution < 1.29 is 22.9 Å². The number of hydrogen-bond donors (Lipinski definition) is 1. The van der Waals surface area contributed by atoms with Crippen molar-refractivity contribution in [2.24, 2.45) is 0 Å². The molecule has 0 heterocycles. The molecule has 2 aromatic rings. The van der Waals surface area contributed by atoms with Crippen molar-refractivity contribution >= 4 is 32.8 Å².